The number of ether oxygens (including phenoxy) is 1. The predicted octanol–water partition coefficient (Wildman–Crippen LogP) is 1.33. The molecule has 0 fully saturated rings. The number of benzene rings is 2. The Kier molecular flexibility index (Phi) is 4.76. The number of nitrogens with zero attached hydrogens (tertiary/aromatic N) is 4. The van der Waals surface area contributed by atoms with Crippen molar-refractivity contribution in [3.8, 4) is 11.4 Å². The number of aromatic carboxylic acids is 1. The minimum Gasteiger partial charge on any atom is -0.545 e. The van der Waals surface area contributed by atoms with Gasteiger partial charge in [-0.05, 0) is 45.8 Å². The Bertz CT molecular complexity index is 831. The maximum atomic E-state index is 10.7. The van der Waals surface area contributed by atoms with Crippen molar-refractivity contribution in [1.82, 2.24) is 20.2 Å². The van der Waals surface area contributed by atoms with E-state index in [1.54, 1.807) is 23.9 Å². The Morgan fingerprint density at radius 1 is 1.17 bits per heavy atom. The van der Waals surface area contributed by atoms with Gasteiger partial charge in [0, 0.05) is 5.75 Å². The number of carbonyl (C=O) groups excluding carboxylic acids is 1. The molecule has 0 atom stereocenters. The molecule has 7 nitrogen and oxygen atoms in total. The van der Waals surface area contributed by atoms with Crippen molar-refractivity contribution in [2.45, 2.75) is 10.9 Å². The van der Waals surface area contributed by atoms with E-state index in [1.165, 1.54) is 23.9 Å². The summed E-state index contributed by atoms with van der Waals surface area (Å²) in [4.78, 5) is 10.7. The molecule has 0 unspecified atom stereocenters. The van der Waals surface area contributed by atoms with Gasteiger partial charge in [0.05, 0.1) is 18.8 Å². The topological polar surface area (TPSA) is 93.0 Å². The number of hydrogen-bond acceptors (Lipinski definition) is 7. The Morgan fingerprint density at radius 2 is 1.88 bits per heavy atom. The van der Waals surface area contributed by atoms with E-state index in [4.69, 9.17) is 4.74 Å². The summed E-state index contributed by atoms with van der Waals surface area (Å²) in [6, 6.07) is 14.0. The first-order valence-electron chi connectivity index (χ1n) is 7.03. The lowest BCUT2D eigenvalue weighted by atomic mass is 10.1. The van der Waals surface area contributed by atoms with Crippen LogP contribution in [0.2, 0.25) is 0 Å². The molecule has 0 aliphatic heterocycles. The molecule has 2 aromatic carbocycles. The minimum absolute atomic E-state index is 0.159. The van der Waals surface area contributed by atoms with Crippen LogP contribution < -0.4 is 9.84 Å². The lowest BCUT2D eigenvalue weighted by Crippen LogP contribution is -2.21. The summed E-state index contributed by atoms with van der Waals surface area (Å²) in [5, 5.41) is 23.1. The molecule has 0 spiro atoms. The average molecular weight is 341 g/mol. The highest BCUT2D eigenvalue weighted by Crippen LogP contribution is 2.23. The molecule has 0 aliphatic rings. The quantitative estimate of drug-likeness (QED) is 0.624. The molecule has 0 saturated heterocycles. The first kappa shape index (κ1) is 16.0. The highest BCUT2D eigenvalue weighted by Gasteiger charge is 2.09. The fraction of sp³-hybridized carbons (Fsp3) is 0.125. The van der Waals surface area contributed by atoms with Gasteiger partial charge < -0.3 is 14.6 Å². The number of carboxylic acid groups (broad SMARTS) is 1. The van der Waals surface area contributed by atoms with Crippen molar-refractivity contribution >= 4 is 17.7 Å². The number of hydrogen-bond donors (Lipinski definition) is 0. The summed E-state index contributed by atoms with van der Waals surface area (Å²) in [5.41, 5.74) is 1.96. The van der Waals surface area contributed by atoms with Crippen molar-refractivity contribution < 1.29 is 14.6 Å². The monoisotopic (exact) mass is 341 g/mol. The Balaban J connectivity index is 1.72. The predicted molar refractivity (Wildman–Crippen MR) is 86.0 cm³/mol. The summed E-state index contributed by atoms with van der Waals surface area (Å²) in [7, 11) is 1.61. The third-order valence-electron chi connectivity index (χ3n) is 3.32. The van der Waals surface area contributed by atoms with Gasteiger partial charge in [0.15, 0.2) is 0 Å². The molecule has 24 heavy (non-hydrogen) atoms. The van der Waals surface area contributed by atoms with Crippen LogP contribution in [-0.4, -0.2) is 33.3 Å². The van der Waals surface area contributed by atoms with Gasteiger partial charge in [-0.3, -0.25) is 0 Å². The zero-order valence-electron chi connectivity index (χ0n) is 12.7. The summed E-state index contributed by atoms with van der Waals surface area (Å²) >= 11 is 1.46. The number of methoxy groups -OCH3 is 1. The van der Waals surface area contributed by atoms with Gasteiger partial charge >= 0.3 is 0 Å². The standard InChI is InChI=1S/C16H14N4O3S/c1-23-14-8-6-13(7-9-14)20-16(17-18-19-20)24-10-11-2-4-12(5-3-11)15(21)22/h2-9H,10H2,1H3,(H,21,22)/p-1. The van der Waals surface area contributed by atoms with E-state index in [0.29, 0.717) is 10.9 Å². The van der Waals surface area contributed by atoms with Crippen molar-refractivity contribution in [1.29, 1.82) is 0 Å². The van der Waals surface area contributed by atoms with Crippen molar-refractivity contribution in [2.24, 2.45) is 0 Å². The van der Waals surface area contributed by atoms with E-state index in [1.807, 2.05) is 24.3 Å². The van der Waals surface area contributed by atoms with Gasteiger partial charge in [0.1, 0.15) is 5.75 Å². The van der Waals surface area contributed by atoms with Crippen LogP contribution in [0.5, 0.6) is 5.75 Å². The molecular formula is C16H13N4O3S-. The Morgan fingerprint density at radius 3 is 2.50 bits per heavy atom. The highest BCUT2D eigenvalue weighted by molar-refractivity contribution is 7.98. The fourth-order valence-corrected chi connectivity index (χ4v) is 2.89. The molecule has 0 N–H and O–H groups in total. The first-order chi connectivity index (χ1) is 11.7. The second kappa shape index (κ2) is 7.14. The second-order valence-electron chi connectivity index (χ2n) is 4.84. The number of thioether (sulfide) groups is 1. The number of carboxylic acids is 1. The molecule has 8 heteroatoms. The summed E-state index contributed by atoms with van der Waals surface area (Å²) in [5.74, 6) is 0.191. The normalized spacial score (nSPS) is 10.5. The van der Waals surface area contributed by atoms with E-state index in [9.17, 15) is 9.90 Å². The molecule has 0 saturated carbocycles. The van der Waals surface area contributed by atoms with Crippen molar-refractivity contribution in [3.63, 3.8) is 0 Å². The van der Waals surface area contributed by atoms with Gasteiger partial charge in [-0.2, -0.15) is 4.68 Å². The van der Waals surface area contributed by atoms with Crippen LogP contribution in [0.3, 0.4) is 0 Å². The zero-order chi connectivity index (χ0) is 16.9. The molecule has 3 aromatic rings. The largest absolute Gasteiger partial charge is 0.545 e. The smallest absolute Gasteiger partial charge is 0.214 e. The van der Waals surface area contributed by atoms with E-state index < -0.39 is 5.97 Å². The van der Waals surface area contributed by atoms with Crippen LogP contribution in [-0.2, 0) is 5.75 Å². The Hall–Kier alpha value is -2.87. The Labute approximate surface area is 142 Å². The van der Waals surface area contributed by atoms with E-state index in [0.717, 1.165) is 17.0 Å². The minimum atomic E-state index is -1.18. The molecule has 0 aliphatic carbocycles. The third kappa shape index (κ3) is 3.54. The lowest BCUT2D eigenvalue weighted by Gasteiger charge is -2.06. The summed E-state index contributed by atoms with van der Waals surface area (Å²) in [6.45, 7) is 0. The lowest BCUT2D eigenvalue weighted by molar-refractivity contribution is -0.255. The molecular weight excluding hydrogens is 328 g/mol. The second-order valence-corrected chi connectivity index (χ2v) is 5.79. The molecule has 0 radical (unpaired) electrons. The summed E-state index contributed by atoms with van der Waals surface area (Å²) in [6.07, 6.45) is 0. The summed E-state index contributed by atoms with van der Waals surface area (Å²) < 4.78 is 6.77. The van der Waals surface area contributed by atoms with Gasteiger partial charge in [-0.15, -0.1) is 5.10 Å². The maximum absolute atomic E-state index is 10.7. The van der Waals surface area contributed by atoms with Crippen LogP contribution >= 0.6 is 11.8 Å². The van der Waals surface area contributed by atoms with Crippen molar-refractivity contribution in [2.75, 3.05) is 7.11 Å². The molecule has 3 rings (SSSR count). The van der Waals surface area contributed by atoms with Gasteiger partial charge in [-0.25, -0.2) is 0 Å². The number of carbonyl (C=O) groups is 1. The van der Waals surface area contributed by atoms with Crippen LogP contribution in [0.25, 0.3) is 5.69 Å². The zero-order valence-corrected chi connectivity index (χ0v) is 13.6. The number of rotatable bonds is 6. The van der Waals surface area contributed by atoms with E-state index in [2.05, 4.69) is 15.5 Å². The molecule has 122 valence electrons. The first-order valence-corrected chi connectivity index (χ1v) is 8.02. The molecule has 0 bridgehead atoms. The van der Waals surface area contributed by atoms with Crippen LogP contribution in [0.1, 0.15) is 15.9 Å². The molecule has 1 aromatic heterocycles. The van der Waals surface area contributed by atoms with E-state index >= 15 is 0 Å². The van der Waals surface area contributed by atoms with Crippen LogP contribution in [0, 0.1) is 0 Å². The maximum Gasteiger partial charge on any atom is 0.214 e. The number of tetrazole rings is 1. The number of aromatic nitrogens is 4. The third-order valence-corrected chi connectivity index (χ3v) is 4.31. The van der Waals surface area contributed by atoms with Gasteiger partial charge in [0.25, 0.3) is 0 Å². The van der Waals surface area contributed by atoms with E-state index in [-0.39, 0.29) is 5.56 Å². The SMILES string of the molecule is COc1ccc(-n2nnnc2SCc2ccc(C(=O)[O-])cc2)cc1. The fourth-order valence-electron chi connectivity index (χ4n) is 2.04. The highest BCUT2D eigenvalue weighted by atomic mass is 32.2. The molecule has 0 amide bonds. The van der Waals surface area contributed by atoms with Gasteiger partial charge in [0.2, 0.25) is 5.16 Å². The average Bonchev–Trinajstić information content (AvgIpc) is 3.09. The van der Waals surface area contributed by atoms with Crippen LogP contribution in [0.15, 0.2) is 53.7 Å². The molecule has 1 heterocycles. The van der Waals surface area contributed by atoms with Crippen molar-refractivity contribution in [3.05, 3.63) is 59.7 Å². The van der Waals surface area contributed by atoms with Crippen LogP contribution in [0.4, 0.5) is 0 Å². The van der Waals surface area contributed by atoms with Gasteiger partial charge in [-0.1, -0.05) is 36.0 Å².